The van der Waals surface area contributed by atoms with Gasteiger partial charge >= 0.3 is 0 Å². The number of unbranched alkanes of at least 4 members (excludes halogenated alkanes) is 1. The maximum Gasteiger partial charge on any atom is 0.0136 e. The third kappa shape index (κ3) is 2.25. The van der Waals surface area contributed by atoms with Gasteiger partial charge in [0.1, 0.15) is 0 Å². The molecule has 6 atom stereocenters. The van der Waals surface area contributed by atoms with Gasteiger partial charge in [0, 0.05) is 12.1 Å². The minimum absolute atomic E-state index is 0.825. The van der Waals surface area contributed by atoms with Crippen LogP contribution in [0.25, 0.3) is 0 Å². The van der Waals surface area contributed by atoms with Gasteiger partial charge in [-0.15, -0.1) is 0 Å². The maximum atomic E-state index is 2.90. The van der Waals surface area contributed by atoms with Crippen molar-refractivity contribution in [2.45, 2.75) is 70.4 Å². The molecular weight excluding hydrogens is 254 g/mol. The fourth-order valence-electron chi connectivity index (χ4n) is 5.56. The predicted octanol–water partition coefficient (Wildman–Crippen LogP) is 4.75. The van der Waals surface area contributed by atoms with E-state index in [4.69, 9.17) is 0 Å². The molecule has 21 heavy (non-hydrogen) atoms. The van der Waals surface area contributed by atoms with Gasteiger partial charge in [0.15, 0.2) is 0 Å². The first-order chi connectivity index (χ1) is 10.3. The van der Waals surface area contributed by atoms with Crippen molar-refractivity contribution in [1.82, 2.24) is 4.90 Å². The van der Waals surface area contributed by atoms with Crippen LogP contribution in [0.2, 0.25) is 0 Å². The van der Waals surface area contributed by atoms with Crippen molar-refractivity contribution in [1.29, 1.82) is 0 Å². The zero-order chi connectivity index (χ0) is 14.4. The molecule has 6 unspecified atom stereocenters. The lowest BCUT2D eigenvalue weighted by atomic mass is 9.74. The van der Waals surface area contributed by atoms with Gasteiger partial charge < -0.3 is 0 Å². The summed E-state index contributed by atoms with van der Waals surface area (Å²) in [6.07, 6.45) is 8.60. The highest BCUT2D eigenvalue weighted by Crippen LogP contribution is 2.54. The monoisotopic (exact) mass is 283 g/mol. The van der Waals surface area contributed by atoms with Crippen LogP contribution >= 0.6 is 0 Å². The van der Waals surface area contributed by atoms with E-state index in [-0.39, 0.29) is 0 Å². The van der Waals surface area contributed by atoms with E-state index in [1.807, 2.05) is 0 Å². The summed E-state index contributed by atoms with van der Waals surface area (Å²) in [6.45, 7) is 5.94. The van der Waals surface area contributed by atoms with Crippen LogP contribution in [-0.4, -0.2) is 23.5 Å². The number of aryl methyl sites for hydroxylation is 1. The molecule has 3 heterocycles. The van der Waals surface area contributed by atoms with E-state index in [9.17, 15) is 0 Å². The van der Waals surface area contributed by atoms with Gasteiger partial charge in [0.05, 0.1) is 0 Å². The first-order valence-corrected chi connectivity index (χ1v) is 9.10. The normalized spacial score (nSPS) is 40.7. The van der Waals surface area contributed by atoms with E-state index in [0.717, 1.165) is 29.8 Å². The summed E-state index contributed by atoms with van der Waals surface area (Å²) < 4.78 is 0. The molecule has 3 fully saturated rings. The van der Waals surface area contributed by atoms with Crippen LogP contribution in [0.1, 0.15) is 62.5 Å². The summed E-state index contributed by atoms with van der Waals surface area (Å²) in [5, 5.41) is 0. The van der Waals surface area contributed by atoms with E-state index in [0.29, 0.717) is 0 Å². The van der Waals surface area contributed by atoms with Crippen LogP contribution in [0, 0.1) is 18.8 Å². The molecule has 1 aromatic rings. The second kappa shape index (κ2) is 5.43. The number of nitrogens with zero attached hydrogens (tertiary/aromatic N) is 1. The quantitative estimate of drug-likeness (QED) is 0.770. The van der Waals surface area contributed by atoms with E-state index in [1.54, 1.807) is 5.56 Å². The maximum absolute atomic E-state index is 2.90. The highest BCUT2D eigenvalue weighted by atomic mass is 15.3. The molecule has 0 aliphatic carbocycles. The topological polar surface area (TPSA) is 3.24 Å². The molecule has 0 saturated carbocycles. The van der Waals surface area contributed by atoms with Crippen molar-refractivity contribution in [2.24, 2.45) is 11.8 Å². The molecule has 0 N–H and O–H groups in total. The number of hydrogen-bond donors (Lipinski definition) is 0. The summed E-state index contributed by atoms with van der Waals surface area (Å²) in [5.74, 6) is 2.76. The Morgan fingerprint density at radius 3 is 2.67 bits per heavy atom. The Morgan fingerprint density at radius 1 is 1.10 bits per heavy atom. The number of rotatable bonds is 4. The molecule has 1 nitrogen and oxygen atoms in total. The standard InChI is InChI=1S/C20H29N/c1-3-4-5-17-18(15-8-6-14(2)7-9-15)13-19-16-10-11-21(19)20(17)12-16/h6-9,16-20H,3-5,10-13H2,1-2H3. The first kappa shape index (κ1) is 13.8. The van der Waals surface area contributed by atoms with Crippen LogP contribution in [0.4, 0.5) is 0 Å². The molecule has 0 spiro atoms. The van der Waals surface area contributed by atoms with Gasteiger partial charge in [0.2, 0.25) is 0 Å². The van der Waals surface area contributed by atoms with Gasteiger partial charge in [-0.3, -0.25) is 4.90 Å². The molecular formula is C20H29N. The molecule has 0 radical (unpaired) electrons. The van der Waals surface area contributed by atoms with E-state index >= 15 is 0 Å². The molecule has 0 aromatic heterocycles. The van der Waals surface area contributed by atoms with Crippen LogP contribution in [0.5, 0.6) is 0 Å². The molecule has 1 heteroatoms. The molecule has 3 aliphatic rings. The lowest BCUT2D eigenvalue weighted by Crippen LogP contribution is -2.46. The molecule has 114 valence electrons. The highest BCUT2D eigenvalue weighted by molar-refractivity contribution is 5.28. The number of hydrogen-bond acceptors (Lipinski definition) is 1. The SMILES string of the molecule is CCCCC1C(c2ccc(C)cc2)CC2C3CCN2C1C3. The third-order valence-corrected chi connectivity index (χ3v) is 6.60. The zero-order valence-corrected chi connectivity index (χ0v) is 13.6. The average molecular weight is 283 g/mol. The third-order valence-electron chi connectivity index (χ3n) is 6.60. The van der Waals surface area contributed by atoms with Crippen molar-refractivity contribution in [3.63, 3.8) is 0 Å². The summed E-state index contributed by atoms with van der Waals surface area (Å²) in [4.78, 5) is 2.90. The van der Waals surface area contributed by atoms with Gasteiger partial charge in [-0.1, -0.05) is 49.6 Å². The van der Waals surface area contributed by atoms with Gasteiger partial charge in [0.25, 0.3) is 0 Å². The second-order valence-electron chi connectivity index (χ2n) is 7.72. The Morgan fingerprint density at radius 2 is 1.90 bits per heavy atom. The smallest absolute Gasteiger partial charge is 0.0136 e. The summed E-state index contributed by atoms with van der Waals surface area (Å²) >= 11 is 0. The molecule has 4 bridgehead atoms. The first-order valence-electron chi connectivity index (χ1n) is 9.10. The Bertz CT molecular complexity index is 491. The van der Waals surface area contributed by atoms with Crippen LogP contribution in [-0.2, 0) is 0 Å². The van der Waals surface area contributed by atoms with Crippen LogP contribution in [0.15, 0.2) is 24.3 Å². The van der Waals surface area contributed by atoms with Crippen molar-refractivity contribution in [2.75, 3.05) is 6.54 Å². The van der Waals surface area contributed by atoms with Crippen molar-refractivity contribution in [3.8, 4) is 0 Å². The molecule has 1 aromatic carbocycles. The fourth-order valence-corrected chi connectivity index (χ4v) is 5.56. The summed E-state index contributed by atoms with van der Waals surface area (Å²) in [7, 11) is 0. The number of piperidine rings is 2. The Labute approximate surface area is 129 Å². The minimum atomic E-state index is 0.825. The van der Waals surface area contributed by atoms with Crippen molar-refractivity contribution < 1.29 is 0 Å². The van der Waals surface area contributed by atoms with E-state index in [2.05, 4.69) is 43.0 Å². The van der Waals surface area contributed by atoms with Gasteiger partial charge in [-0.2, -0.15) is 0 Å². The zero-order valence-electron chi connectivity index (χ0n) is 13.6. The van der Waals surface area contributed by atoms with Crippen molar-refractivity contribution >= 4 is 0 Å². The largest absolute Gasteiger partial charge is 0.297 e. The van der Waals surface area contributed by atoms with Gasteiger partial charge in [-0.05, 0) is 62.5 Å². The van der Waals surface area contributed by atoms with Crippen molar-refractivity contribution in [3.05, 3.63) is 35.4 Å². The Hall–Kier alpha value is -0.820. The fraction of sp³-hybridized carbons (Fsp3) is 0.700. The number of benzene rings is 1. The van der Waals surface area contributed by atoms with Crippen LogP contribution < -0.4 is 0 Å². The molecule has 4 rings (SSSR count). The van der Waals surface area contributed by atoms with E-state index < -0.39 is 0 Å². The molecule has 3 aliphatic heterocycles. The van der Waals surface area contributed by atoms with E-state index in [1.165, 1.54) is 50.6 Å². The summed E-state index contributed by atoms with van der Waals surface area (Å²) in [5.41, 5.74) is 3.02. The highest BCUT2D eigenvalue weighted by Gasteiger charge is 2.54. The summed E-state index contributed by atoms with van der Waals surface area (Å²) in [6, 6.07) is 11.3. The Balaban J connectivity index is 1.63. The molecule has 3 saturated heterocycles. The molecule has 0 amide bonds. The van der Waals surface area contributed by atoms with Crippen LogP contribution in [0.3, 0.4) is 0 Å². The minimum Gasteiger partial charge on any atom is -0.297 e. The average Bonchev–Trinajstić information content (AvgIpc) is 3.01. The van der Waals surface area contributed by atoms with Gasteiger partial charge in [-0.25, -0.2) is 0 Å². The lowest BCUT2D eigenvalue weighted by molar-refractivity contribution is 0.0830. The Kier molecular flexibility index (Phi) is 3.57. The second-order valence-corrected chi connectivity index (χ2v) is 7.72. The predicted molar refractivity (Wildman–Crippen MR) is 88.6 cm³/mol. The lowest BCUT2D eigenvalue weighted by Gasteiger charge is -2.44.